The molecule has 1 amide bonds. The van der Waals surface area contributed by atoms with E-state index in [1.54, 1.807) is 30.3 Å². The summed E-state index contributed by atoms with van der Waals surface area (Å²) in [6.07, 6.45) is 0. The number of halogens is 3. The van der Waals surface area contributed by atoms with Crippen LogP contribution in [-0.4, -0.2) is 12.5 Å². The SMILES string of the molecule is O=C(CNc1ccccc1Cl)Nc1ccc(Cl)cc1Cl. The van der Waals surface area contributed by atoms with Crippen molar-refractivity contribution in [1.29, 1.82) is 0 Å². The highest BCUT2D eigenvalue weighted by molar-refractivity contribution is 6.36. The Kier molecular flexibility index (Phi) is 5.12. The van der Waals surface area contributed by atoms with Crippen LogP contribution in [-0.2, 0) is 4.79 Å². The van der Waals surface area contributed by atoms with Gasteiger partial charge in [-0.05, 0) is 30.3 Å². The highest BCUT2D eigenvalue weighted by Gasteiger charge is 2.07. The van der Waals surface area contributed by atoms with Gasteiger partial charge in [0.15, 0.2) is 0 Å². The van der Waals surface area contributed by atoms with Crippen molar-refractivity contribution in [2.75, 3.05) is 17.2 Å². The number of rotatable bonds is 4. The van der Waals surface area contributed by atoms with E-state index in [0.717, 1.165) is 0 Å². The van der Waals surface area contributed by atoms with Crippen LogP contribution in [0.15, 0.2) is 42.5 Å². The number of anilines is 2. The molecular formula is C14H11Cl3N2O. The molecule has 0 aliphatic carbocycles. The summed E-state index contributed by atoms with van der Waals surface area (Å²) in [5, 5.41) is 7.11. The Morgan fingerprint density at radius 1 is 0.950 bits per heavy atom. The fourth-order valence-corrected chi connectivity index (χ4v) is 2.22. The maximum absolute atomic E-state index is 11.8. The predicted octanol–water partition coefficient (Wildman–Crippen LogP) is 4.70. The molecule has 20 heavy (non-hydrogen) atoms. The van der Waals surface area contributed by atoms with Crippen LogP contribution in [0.5, 0.6) is 0 Å². The normalized spacial score (nSPS) is 10.2. The average molecular weight is 330 g/mol. The van der Waals surface area contributed by atoms with Crippen LogP contribution in [0.25, 0.3) is 0 Å². The quantitative estimate of drug-likeness (QED) is 0.854. The number of benzene rings is 2. The van der Waals surface area contributed by atoms with Crippen LogP contribution in [0, 0.1) is 0 Å². The molecule has 0 bridgehead atoms. The fraction of sp³-hybridized carbons (Fsp3) is 0.0714. The van der Waals surface area contributed by atoms with Crippen molar-refractivity contribution in [2.45, 2.75) is 0 Å². The predicted molar refractivity (Wildman–Crippen MR) is 85.0 cm³/mol. The topological polar surface area (TPSA) is 41.1 Å². The van der Waals surface area contributed by atoms with Gasteiger partial charge in [0.2, 0.25) is 5.91 Å². The molecule has 2 rings (SSSR count). The smallest absolute Gasteiger partial charge is 0.243 e. The van der Waals surface area contributed by atoms with Gasteiger partial charge in [-0.3, -0.25) is 4.79 Å². The van der Waals surface area contributed by atoms with Gasteiger partial charge in [0.25, 0.3) is 0 Å². The molecule has 0 heterocycles. The first-order valence-electron chi connectivity index (χ1n) is 5.79. The number of hydrogen-bond donors (Lipinski definition) is 2. The number of nitrogens with one attached hydrogen (secondary N) is 2. The van der Waals surface area contributed by atoms with Crippen LogP contribution in [0.3, 0.4) is 0 Å². The molecule has 0 saturated heterocycles. The average Bonchev–Trinajstić information content (AvgIpc) is 2.41. The van der Waals surface area contributed by atoms with E-state index in [2.05, 4.69) is 10.6 Å². The number of carbonyl (C=O) groups excluding carboxylic acids is 1. The van der Waals surface area contributed by atoms with Crippen molar-refractivity contribution >= 4 is 52.1 Å². The van der Waals surface area contributed by atoms with Gasteiger partial charge in [0.05, 0.1) is 28.0 Å². The molecule has 2 N–H and O–H groups in total. The number of amides is 1. The molecule has 0 aliphatic rings. The molecule has 0 fully saturated rings. The van der Waals surface area contributed by atoms with Gasteiger partial charge in [0.1, 0.15) is 0 Å². The summed E-state index contributed by atoms with van der Waals surface area (Å²) >= 11 is 17.7. The Morgan fingerprint density at radius 3 is 2.40 bits per heavy atom. The minimum absolute atomic E-state index is 0.0860. The van der Waals surface area contributed by atoms with Crippen molar-refractivity contribution in [3.8, 4) is 0 Å². The number of carbonyl (C=O) groups is 1. The second-order valence-electron chi connectivity index (χ2n) is 4.01. The van der Waals surface area contributed by atoms with Gasteiger partial charge in [0, 0.05) is 5.02 Å². The van der Waals surface area contributed by atoms with Crippen LogP contribution in [0.1, 0.15) is 0 Å². The zero-order chi connectivity index (χ0) is 14.5. The molecule has 0 saturated carbocycles. The van der Waals surface area contributed by atoms with E-state index in [1.807, 2.05) is 12.1 Å². The second-order valence-corrected chi connectivity index (χ2v) is 5.26. The van der Waals surface area contributed by atoms with Crippen molar-refractivity contribution in [3.05, 3.63) is 57.5 Å². The maximum Gasteiger partial charge on any atom is 0.243 e. The Morgan fingerprint density at radius 2 is 1.70 bits per heavy atom. The van der Waals surface area contributed by atoms with Gasteiger partial charge in [-0.25, -0.2) is 0 Å². The van der Waals surface area contributed by atoms with Gasteiger partial charge in [-0.15, -0.1) is 0 Å². The van der Waals surface area contributed by atoms with Crippen LogP contribution >= 0.6 is 34.8 Å². The van der Waals surface area contributed by atoms with Crippen molar-refractivity contribution in [2.24, 2.45) is 0 Å². The van der Waals surface area contributed by atoms with E-state index in [1.165, 1.54) is 0 Å². The minimum atomic E-state index is -0.228. The standard InChI is InChI=1S/C14H11Cl3N2O/c15-9-5-6-13(11(17)7-9)19-14(20)8-18-12-4-2-1-3-10(12)16/h1-7,18H,8H2,(H,19,20). The summed E-state index contributed by atoms with van der Waals surface area (Å²) in [6.45, 7) is 0.0860. The molecular weight excluding hydrogens is 319 g/mol. The highest BCUT2D eigenvalue weighted by atomic mass is 35.5. The highest BCUT2D eigenvalue weighted by Crippen LogP contribution is 2.25. The van der Waals surface area contributed by atoms with Crippen LogP contribution < -0.4 is 10.6 Å². The number of para-hydroxylation sites is 1. The van der Waals surface area contributed by atoms with Crippen molar-refractivity contribution < 1.29 is 4.79 Å². The summed E-state index contributed by atoms with van der Waals surface area (Å²) in [5.74, 6) is -0.228. The van der Waals surface area contributed by atoms with E-state index in [9.17, 15) is 4.79 Å². The molecule has 104 valence electrons. The third-order valence-electron chi connectivity index (χ3n) is 2.52. The zero-order valence-corrected chi connectivity index (χ0v) is 12.6. The molecule has 3 nitrogen and oxygen atoms in total. The van der Waals surface area contributed by atoms with Gasteiger partial charge in [-0.2, -0.15) is 0 Å². The first-order valence-corrected chi connectivity index (χ1v) is 6.93. The third-order valence-corrected chi connectivity index (χ3v) is 3.40. The van der Waals surface area contributed by atoms with E-state index in [0.29, 0.717) is 26.4 Å². The third kappa shape index (κ3) is 4.04. The molecule has 0 unspecified atom stereocenters. The molecule has 0 radical (unpaired) electrons. The summed E-state index contributed by atoms with van der Waals surface area (Å²) in [4.78, 5) is 11.8. The molecule has 0 spiro atoms. The molecule has 0 aliphatic heterocycles. The summed E-state index contributed by atoms with van der Waals surface area (Å²) < 4.78 is 0. The first-order chi connectivity index (χ1) is 9.56. The Balaban J connectivity index is 1.94. The largest absolute Gasteiger partial charge is 0.375 e. The molecule has 0 atom stereocenters. The van der Waals surface area contributed by atoms with E-state index >= 15 is 0 Å². The van der Waals surface area contributed by atoms with Gasteiger partial charge >= 0.3 is 0 Å². The van der Waals surface area contributed by atoms with Crippen molar-refractivity contribution in [1.82, 2.24) is 0 Å². The Bertz CT molecular complexity index is 632. The van der Waals surface area contributed by atoms with Crippen LogP contribution in [0.2, 0.25) is 15.1 Å². The molecule has 2 aromatic rings. The maximum atomic E-state index is 11.8. The lowest BCUT2D eigenvalue weighted by Crippen LogP contribution is -2.22. The summed E-state index contributed by atoms with van der Waals surface area (Å²) in [7, 11) is 0. The van der Waals surface area contributed by atoms with E-state index in [4.69, 9.17) is 34.8 Å². The monoisotopic (exact) mass is 328 g/mol. The number of hydrogen-bond acceptors (Lipinski definition) is 2. The summed E-state index contributed by atoms with van der Waals surface area (Å²) in [5.41, 5.74) is 1.22. The lowest BCUT2D eigenvalue weighted by atomic mass is 10.3. The van der Waals surface area contributed by atoms with E-state index < -0.39 is 0 Å². The molecule has 6 heteroatoms. The lowest BCUT2D eigenvalue weighted by Gasteiger charge is -2.10. The zero-order valence-electron chi connectivity index (χ0n) is 10.3. The first kappa shape index (κ1) is 15.0. The van der Waals surface area contributed by atoms with Crippen molar-refractivity contribution in [3.63, 3.8) is 0 Å². The lowest BCUT2D eigenvalue weighted by molar-refractivity contribution is -0.114. The van der Waals surface area contributed by atoms with Crippen LogP contribution in [0.4, 0.5) is 11.4 Å². The van der Waals surface area contributed by atoms with Gasteiger partial charge < -0.3 is 10.6 Å². The molecule has 0 aromatic heterocycles. The molecule has 2 aromatic carbocycles. The second kappa shape index (κ2) is 6.84. The Hall–Kier alpha value is -1.42. The summed E-state index contributed by atoms with van der Waals surface area (Å²) in [6, 6.07) is 12.1. The fourth-order valence-electron chi connectivity index (χ4n) is 1.57. The van der Waals surface area contributed by atoms with E-state index in [-0.39, 0.29) is 12.5 Å². The minimum Gasteiger partial charge on any atom is -0.375 e. The Labute approximate surface area is 131 Å². The van der Waals surface area contributed by atoms with Gasteiger partial charge in [-0.1, -0.05) is 46.9 Å².